The molecule has 0 fully saturated rings. The Labute approximate surface area is 176 Å². The Morgan fingerprint density at radius 2 is 1.97 bits per heavy atom. The Morgan fingerprint density at radius 3 is 2.72 bits per heavy atom. The Kier molecular flexibility index (Phi) is 5.73. The van der Waals surface area contributed by atoms with Crippen LogP contribution in [0.5, 0.6) is 0 Å². The van der Waals surface area contributed by atoms with Gasteiger partial charge in [0, 0.05) is 10.7 Å². The predicted octanol–water partition coefficient (Wildman–Crippen LogP) is 4.87. The molecule has 148 valence electrons. The van der Waals surface area contributed by atoms with Crippen molar-refractivity contribution in [3.05, 3.63) is 71.3 Å². The van der Waals surface area contributed by atoms with Gasteiger partial charge in [0.05, 0.1) is 24.8 Å². The number of hydrogen-bond donors (Lipinski definition) is 1. The van der Waals surface area contributed by atoms with Gasteiger partial charge in [-0.2, -0.15) is 0 Å². The second-order valence-corrected chi connectivity index (χ2v) is 7.55. The van der Waals surface area contributed by atoms with Gasteiger partial charge < -0.3 is 14.2 Å². The maximum Gasteiger partial charge on any atom is 0.234 e. The lowest BCUT2D eigenvalue weighted by Gasteiger charge is -2.10. The zero-order valence-corrected chi connectivity index (χ0v) is 17.0. The van der Waals surface area contributed by atoms with E-state index < -0.39 is 0 Å². The lowest BCUT2D eigenvalue weighted by atomic mass is 10.2. The summed E-state index contributed by atoms with van der Waals surface area (Å²) in [5, 5.41) is 12.5. The summed E-state index contributed by atoms with van der Waals surface area (Å²) in [7, 11) is 0. The van der Waals surface area contributed by atoms with Crippen molar-refractivity contribution in [2.75, 3.05) is 11.1 Å². The van der Waals surface area contributed by atoms with Crippen LogP contribution in [0.3, 0.4) is 0 Å². The van der Waals surface area contributed by atoms with Gasteiger partial charge in [0.25, 0.3) is 0 Å². The first-order valence-electron chi connectivity index (χ1n) is 8.79. The summed E-state index contributed by atoms with van der Waals surface area (Å²) in [6.45, 7) is 2.29. The van der Waals surface area contributed by atoms with Gasteiger partial charge in [-0.3, -0.25) is 9.36 Å². The largest absolute Gasteiger partial charge is 0.467 e. The van der Waals surface area contributed by atoms with Gasteiger partial charge in [-0.05, 0) is 48.9 Å². The quantitative estimate of drug-likeness (QED) is 0.422. The molecule has 9 heteroatoms. The molecule has 0 aliphatic rings. The molecule has 0 bridgehead atoms. The summed E-state index contributed by atoms with van der Waals surface area (Å²) in [6, 6.07) is 12.7. The molecule has 0 aliphatic carbocycles. The fourth-order valence-corrected chi connectivity index (χ4v) is 3.66. The molecule has 3 aromatic heterocycles. The van der Waals surface area contributed by atoms with Crippen LogP contribution in [-0.2, 0) is 11.3 Å². The molecule has 7 nitrogen and oxygen atoms in total. The Bertz CT molecular complexity index is 1110. The van der Waals surface area contributed by atoms with E-state index in [1.165, 1.54) is 11.8 Å². The Balaban J connectivity index is 1.51. The highest BCUT2D eigenvalue weighted by Crippen LogP contribution is 2.27. The minimum Gasteiger partial charge on any atom is -0.467 e. The van der Waals surface area contributed by atoms with Crippen LogP contribution >= 0.6 is 23.4 Å². The summed E-state index contributed by atoms with van der Waals surface area (Å²) in [5.41, 5.74) is 1.52. The third-order valence-electron chi connectivity index (χ3n) is 4.23. The number of thioether (sulfide) groups is 1. The molecular formula is C20H17ClN4O3S. The molecule has 0 unspecified atom stereocenters. The van der Waals surface area contributed by atoms with Crippen LogP contribution in [0.2, 0.25) is 5.02 Å². The molecule has 4 rings (SSSR count). The fraction of sp³-hybridized carbons (Fsp3) is 0.150. The maximum absolute atomic E-state index is 12.4. The maximum atomic E-state index is 12.4. The smallest absolute Gasteiger partial charge is 0.234 e. The number of aromatic nitrogens is 3. The summed E-state index contributed by atoms with van der Waals surface area (Å²) in [4.78, 5) is 12.4. The molecule has 3 heterocycles. The van der Waals surface area contributed by atoms with E-state index in [-0.39, 0.29) is 11.7 Å². The number of nitrogens with zero attached hydrogens (tertiary/aromatic N) is 3. The molecule has 1 amide bonds. The van der Waals surface area contributed by atoms with Crippen LogP contribution in [-0.4, -0.2) is 26.4 Å². The van der Waals surface area contributed by atoms with E-state index in [0.717, 1.165) is 11.3 Å². The van der Waals surface area contributed by atoms with Crippen molar-refractivity contribution in [3.63, 3.8) is 0 Å². The van der Waals surface area contributed by atoms with Gasteiger partial charge in [-0.1, -0.05) is 29.4 Å². The highest BCUT2D eigenvalue weighted by atomic mass is 35.5. The minimum absolute atomic E-state index is 0.160. The SMILES string of the molecule is Cc1c(Cl)cccc1NC(=O)CSc1nnc(-c2ccco2)n1Cc1ccco1. The predicted molar refractivity (Wildman–Crippen MR) is 111 cm³/mol. The Hall–Kier alpha value is -2.97. The van der Waals surface area contributed by atoms with E-state index in [1.807, 2.05) is 35.8 Å². The number of amides is 1. The second-order valence-electron chi connectivity index (χ2n) is 6.20. The minimum atomic E-state index is -0.160. The second kappa shape index (κ2) is 8.59. The van der Waals surface area contributed by atoms with Gasteiger partial charge in [0.15, 0.2) is 10.9 Å². The van der Waals surface area contributed by atoms with Crippen LogP contribution < -0.4 is 5.32 Å². The van der Waals surface area contributed by atoms with Gasteiger partial charge in [-0.15, -0.1) is 10.2 Å². The van der Waals surface area contributed by atoms with Crippen molar-refractivity contribution in [2.45, 2.75) is 18.6 Å². The first-order valence-corrected chi connectivity index (χ1v) is 10.2. The van der Waals surface area contributed by atoms with Crippen molar-refractivity contribution in [3.8, 4) is 11.6 Å². The number of carbonyl (C=O) groups excluding carboxylic acids is 1. The third kappa shape index (κ3) is 4.38. The van der Waals surface area contributed by atoms with E-state index in [2.05, 4.69) is 15.5 Å². The van der Waals surface area contributed by atoms with E-state index in [1.54, 1.807) is 30.7 Å². The monoisotopic (exact) mass is 428 g/mol. The van der Waals surface area contributed by atoms with Crippen molar-refractivity contribution < 1.29 is 13.6 Å². The van der Waals surface area contributed by atoms with Crippen molar-refractivity contribution in [1.29, 1.82) is 0 Å². The van der Waals surface area contributed by atoms with E-state index in [0.29, 0.717) is 34.0 Å². The molecular weight excluding hydrogens is 412 g/mol. The lowest BCUT2D eigenvalue weighted by molar-refractivity contribution is -0.113. The number of rotatable bonds is 7. The third-order valence-corrected chi connectivity index (χ3v) is 5.60. The van der Waals surface area contributed by atoms with Crippen LogP contribution in [0.4, 0.5) is 5.69 Å². The summed E-state index contributed by atoms with van der Waals surface area (Å²) < 4.78 is 12.8. The number of carbonyl (C=O) groups is 1. The highest BCUT2D eigenvalue weighted by molar-refractivity contribution is 7.99. The average Bonchev–Trinajstić information content (AvgIpc) is 3.46. The van der Waals surface area contributed by atoms with E-state index in [9.17, 15) is 4.79 Å². The number of furan rings is 2. The normalized spacial score (nSPS) is 11.0. The van der Waals surface area contributed by atoms with E-state index >= 15 is 0 Å². The number of benzene rings is 1. The van der Waals surface area contributed by atoms with Gasteiger partial charge >= 0.3 is 0 Å². The molecule has 4 aromatic rings. The topological polar surface area (TPSA) is 86.1 Å². The molecule has 1 N–H and O–H groups in total. The number of nitrogens with one attached hydrogen (secondary N) is 1. The molecule has 0 atom stereocenters. The zero-order valence-electron chi connectivity index (χ0n) is 15.5. The fourth-order valence-electron chi connectivity index (χ4n) is 2.74. The summed E-state index contributed by atoms with van der Waals surface area (Å²) >= 11 is 7.40. The molecule has 0 aliphatic heterocycles. The number of hydrogen-bond acceptors (Lipinski definition) is 6. The standard InChI is InChI=1S/C20H17ClN4O3S/c1-13-15(21)6-2-7-16(13)22-18(26)12-29-20-24-23-19(17-8-4-10-28-17)25(20)11-14-5-3-9-27-14/h2-10H,11-12H2,1H3,(H,22,26). The van der Waals surface area contributed by atoms with Crippen LogP contribution in [0, 0.1) is 6.92 Å². The molecule has 1 aromatic carbocycles. The van der Waals surface area contributed by atoms with Crippen LogP contribution in [0.1, 0.15) is 11.3 Å². The van der Waals surface area contributed by atoms with Gasteiger partial charge in [0.2, 0.25) is 11.7 Å². The van der Waals surface area contributed by atoms with Crippen LogP contribution in [0.25, 0.3) is 11.6 Å². The molecule has 29 heavy (non-hydrogen) atoms. The molecule has 0 saturated carbocycles. The molecule has 0 saturated heterocycles. The summed E-state index contributed by atoms with van der Waals surface area (Å²) in [6.07, 6.45) is 3.19. The van der Waals surface area contributed by atoms with Crippen molar-refractivity contribution >= 4 is 35.0 Å². The summed E-state index contributed by atoms with van der Waals surface area (Å²) in [5.74, 6) is 1.92. The highest BCUT2D eigenvalue weighted by Gasteiger charge is 2.19. The number of anilines is 1. The lowest BCUT2D eigenvalue weighted by Crippen LogP contribution is -2.15. The average molecular weight is 429 g/mol. The Morgan fingerprint density at radius 1 is 1.14 bits per heavy atom. The van der Waals surface area contributed by atoms with Crippen molar-refractivity contribution in [1.82, 2.24) is 14.8 Å². The van der Waals surface area contributed by atoms with Gasteiger partial charge in [0.1, 0.15) is 5.76 Å². The number of halogens is 1. The first kappa shape index (κ1) is 19.4. The molecule has 0 radical (unpaired) electrons. The van der Waals surface area contributed by atoms with Gasteiger partial charge in [-0.25, -0.2) is 0 Å². The van der Waals surface area contributed by atoms with Crippen molar-refractivity contribution in [2.24, 2.45) is 0 Å². The molecule has 0 spiro atoms. The van der Waals surface area contributed by atoms with E-state index in [4.69, 9.17) is 20.4 Å². The van der Waals surface area contributed by atoms with Crippen LogP contribution in [0.15, 0.2) is 69.0 Å². The zero-order chi connectivity index (χ0) is 20.2. The first-order chi connectivity index (χ1) is 14.1.